The molecule has 1 heterocycles. The van der Waals surface area contributed by atoms with Gasteiger partial charge in [-0.05, 0) is 36.1 Å². The molecule has 1 aliphatic carbocycles. The summed E-state index contributed by atoms with van der Waals surface area (Å²) in [6.45, 7) is 0.359. The second-order valence-corrected chi connectivity index (χ2v) is 5.67. The first-order chi connectivity index (χ1) is 9.63. The number of carbonyl (C=O) groups is 1. The van der Waals surface area contributed by atoms with Crippen LogP contribution in [-0.4, -0.2) is 21.1 Å². The fraction of sp³-hybridized carbons (Fsp3) is 0.308. The van der Waals surface area contributed by atoms with Gasteiger partial charge in [-0.1, -0.05) is 23.2 Å². The Kier molecular flexibility index (Phi) is 3.63. The molecule has 20 heavy (non-hydrogen) atoms. The maximum Gasteiger partial charge on any atom is 0.224 e. The molecular weight excluding hydrogens is 299 g/mol. The third-order valence-electron chi connectivity index (χ3n) is 3.34. The van der Waals surface area contributed by atoms with Gasteiger partial charge in [0, 0.05) is 16.0 Å². The third kappa shape index (κ3) is 2.94. The molecule has 1 aliphatic rings. The molecular formula is C13H12Cl2N4O. The van der Waals surface area contributed by atoms with Crippen molar-refractivity contribution >= 4 is 29.1 Å². The average Bonchev–Trinajstić information content (AvgIpc) is 3.03. The Labute approximate surface area is 125 Å². The van der Waals surface area contributed by atoms with Crippen molar-refractivity contribution in [3.63, 3.8) is 0 Å². The van der Waals surface area contributed by atoms with E-state index in [1.165, 1.54) is 6.33 Å². The highest BCUT2D eigenvalue weighted by molar-refractivity contribution is 6.34. The van der Waals surface area contributed by atoms with Crippen molar-refractivity contribution in [3.05, 3.63) is 46.0 Å². The molecule has 5 nitrogen and oxygen atoms in total. The summed E-state index contributed by atoms with van der Waals surface area (Å²) in [5, 5.41) is 10.5. The number of hydrogen-bond acceptors (Lipinski definition) is 3. The second-order valence-electron chi connectivity index (χ2n) is 4.80. The van der Waals surface area contributed by atoms with Crippen LogP contribution >= 0.6 is 23.2 Å². The van der Waals surface area contributed by atoms with Crippen molar-refractivity contribution in [2.45, 2.75) is 18.9 Å². The minimum atomic E-state index is -0.0209. The summed E-state index contributed by atoms with van der Waals surface area (Å²) in [7, 11) is 0. The van der Waals surface area contributed by atoms with Crippen LogP contribution in [0.4, 0.5) is 0 Å². The molecule has 2 aromatic rings. The number of hydrogen-bond donors (Lipinski definition) is 2. The van der Waals surface area contributed by atoms with Crippen molar-refractivity contribution in [1.29, 1.82) is 0 Å². The molecule has 1 amide bonds. The summed E-state index contributed by atoms with van der Waals surface area (Å²) in [4.78, 5) is 16.0. The van der Waals surface area contributed by atoms with E-state index in [1.54, 1.807) is 6.07 Å². The molecule has 1 saturated carbocycles. The van der Waals surface area contributed by atoms with Crippen LogP contribution < -0.4 is 5.32 Å². The zero-order valence-corrected chi connectivity index (χ0v) is 11.9. The van der Waals surface area contributed by atoms with Crippen molar-refractivity contribution in [1.82, 2.24) is 20.5 Å². The fourth-order valence-electron chi connectivity index (χ4n) is 2.26. The SMILES string of the molecule is O=C(NCc1ncn[nH]1)[C@H]1C[C@H]1c1cc(Cl)cc(Cl)c1. The number of rotatable bonds is 4. The molecule has 0 aliphatic heterocycles. The zero-order chi connectivity index (χ0) is 14.1. The van der Waals surface area contributed by atoms with Gasteiger partial charge < -0.3 is 5.32 Å². The minimum Gasteiger partial charge on any atom is -0.349 e. The second kappa shape index (κ2) is 5.42. The van der Waals surface area contributed by atoms with Gasteiger partial charge in [0.1, 0.15) is 12.2 Å². The fourth-order valence-corrected chi connectivity index (χ4v) is 2.80. The van der Waals surface area contributed by atoms with Crippen LogP contribution in [0, 0.1) is 5.92 Å². The van der Waals surface area contributed by atoms with E-state index in [0.717, 1.165) is 12.0 Å². The number of carbonyl (C=O) groups excluding carboxylic acids is 1. The molecule has 3 rings (SSSR count). The van der Waals surface area contributed by atoms with E-state index in [4.69, 9.17) is 23.2 Å². The lowest BCUT2D eigenvalue weighted by atomic mass is 10.1. The van der Waals surface area contributed by atoms with Crippen molar-refractivity contribution in [2.75, 3.05) is 0 Å². The Balaban J connectivity index is 1.59. The number of nitrogens with zero attached hydrogens (tertiary/aromatic N) is 2. The van der Waals surface area contributed by atoms with Gasteiger partial charge in [-0.2, -0.15) is 5.10 Å². The molecule has 7 heteroatoms. The molecule has 0 bridgehead atoms. The van der Waals surface area contributed by atoms with Gasteiger partial charge in [0.05, 0.1) is 6.54 Å². The molecule has 0 saturated heterocycles. The molecule has 1 aromatic heterocycles. The summed E-state index contributed by atoms with van der Waals surface area (Å²) in [5.41, 5.74) is 1.02. The number of aromatic amines is 1. The summed E-state index contributed by atoms with van der Waals surface area (Å²) >= 11 is 11.9. The predicted molar refractivity (Wildman–Crippen MR) is 75.5 cm³/mol. The Morgan fingerprint density at radius 3 is 2.75 bits per heavy atom. The maximum absolute atomic E-state index is 12.0. The molecule has 2 N–H and O–H groups in total. The van der Waals surface area contributed by atoms with Crippen molar-refractivity contribution in [2.24, 2.45) is 5.92 Å². The van der Waals surface area contributed by atoms with E-state index < -0.39 is 0 Å². The first kappa shape index (κ1) is 13.4. The highest BCUT2D eigenvalue weighted by atomic mass is 35.5. The monoisotopic (exact) mass is 310 g/mol. The van der Waals surface area contributed by atoms with E-state index in [0.29, 0.717) is 22.4 Å². The Bertz CT molecular complexity index is 609. The number of H-pyrrole nitrogens is 1. The van der Waals surface area contributed by atoms with Gasteiger partial charge in [-0.15, -0.1) is 0 Å². The average molecular weight is 311 g/mol. The normalized spacial score (nSPS) is 20.7. The summed E-state index contributed by atoms with van der Waals surface area (Å²) in [6.07, 6.45) is 2.23. The van der Waals surface area contributed by atoms with Crippen LogP contribution in [-0.2, 0) is 11.3 Å². The van der Waals surface area contributed by atoms with Crippen LogP contribution in [0.15, 0.2) is 24.5 Å². The first-order valence-corrected chi connectivity index (χ1v) is 6.97. The molecule has 0 unspecified atom stereocenters. The van der Waals surface area contributed by atoms with E-state index >= 15 is 0 Å². The number of nitrogens with one attached hydrogen (secondary N) is 2. The number of halogens is 2. The molecule has 1 aromatic carbocycles. The Hall–Kier alpha value is -1.59. The summed E-state index contributed by atoms with van der Waals surface area (Å²) < 4.78 is 0. The zero-order valence-electron chi connectivity index (χ0n) is 10.4. The van der Waals surface area contributed by atoms with Gasteiger partial charge in [-0.25, -0.2) is 4.98 Å². The molecule has 1 fully saturated rings. The largest absolute Gasteiger partial charge is 0.349 e. The van der Waals surface area contributed by atoms with Gasteiger partial charge in [0.25, 0.3) is 0 Å². The summed E-state index contributed by atoms with van der Waals surface area (Å²) in [5.74, 6) is 0.831. The lowest BCUT2D eigenvalue weighted by molar-refractivity contribution is -0.122. The minimum absolute atomic E-state index is 0.0162. The number of aromatic nitrogens is 3. The number of benzene rings is 1. The first-order valence-electron chi connectivity index (χ1n) is 6.21. The molecule has 0 spiro atoms. The van der Waals surface area contributed by atoms with Crippen LogP contribution in [0.1, 0.15) is 23.7 Å². The predicted octanol–water partition coefficient (Wildman–Crippen LogP) is 2.53. The van der Waals surface area contributed by atoms with Crippen molar-refractivity contribution in [3.8, 4) is 0 Å². The summed E-state index contributed by atoms with van der Waals surface area (Å²) in [6, 6.07) is 5.41. The lowest BCUT2D eigenvalue weighted by Gasteiger charge is -2.04. The standard InChI is InChI=1S/C13H12Cl2N4O/c14-8-1-7(2-9(15)3-8)10-4-11(10)13(20)16-5-12-17-6-18-19-12/h1-3,6,10-11H,4-5H2,(H,16,20)(H,17,18,19)/t10-,11-/m0/s1. The highest BCUT2D eigenvalue weighted by Gasteiger charge is 2.44. The van der Waals surface area contributed by atoms with Crippen molar-refractivity contribution < 1.29 is 4.79 Å². The van der Waals surface area contributed by atoms with E-state index in [-0.39, 0.29) is 17.7 Å². The van der Waals surface area contributed by atoms with Crippen LogP contribution in [0.3, 0.4) is 0 Å². The van der Waals surface area contributed by atoms with Gasteiger partial charge in [0.15, 0.2) is 0 Å². The van der Waals surface area contributed by atoms with E-state index in [9.17, 15) is 4.79 Å². The lowest BCUT2D eigenvalue weighted by Crippen LogP contribution is -2.25. The molecule has 0 radical (unpaired) electrons. The number of amides is 1. The Morgan fingerprint density at radius 2 is 2.10 bits per heavy atom. The van der Waals surface area contributed by atoms with Gasteiger partial charge in [0.2, 0.25) is 5.91 Å². The van der Waals surface area contributed by atoms with E-state index in [1.807, 2.05) is 12.1 Å². The highest BCUT2D eigenvalue weighted by Crippen LogP contribution is 2.48. The smallest absolute Gasteiger partial charge is 0.224 e. The molecule has 104 valence electrons. The van der Waals surface area contributed by atoms with Crippen LogP contribution in [0.25, 0.3) is 0 Å². The molecule has 2 atom stereocenters. The van der Waals surface area contributed by atoms with Gasteiger partial charge in [-0.3, -0.25) is 9.89 Å². The van der Waals surface area contributed by atoms with Crippen LogP contribution in [0.5, 0.6) is 0 Å². The third-order valence-corrected chi connectivity index (χ3v) is 3.77. The van der Waals surface area contributed by atoms with Crippen LogP contribution in [0.2, 0.25) is 10.0 Å². The Morgan fingerprint density at radius 1 is 1.35 bits per heavy atom. The van der Waals surface area contributed by atoms with Gasteiger partial charge >= 0.3 is 0 Å². The quantitative estimate of drug-likeness (QED) is 0.911. The van der Waals surface area contributed by atoms with E-state index in [2.05, 4.69) is 20.5 Å². The maximum atomic E-state index is 12.0. The topological polar surface area (TPSA) is 70.7 Å².